The van der Waals surface area contributed by atoms with Gasteiger partial charge in [0.25, 0.3) is 0 Å². The fourth-order valence-corrected chi connectivity index (χ4v) is 2.47. The molecule has 1 N–H and O–H groups in total. The number of fused-ring (bicyclic) bond motifs is 1. The fourth-order valence-electron chi connectivity index (χ4n) is 2.47. The van der Waals surface area contributed by atoms with Gasteiger partial charge in [-0.05, 0) is 51.6 Å². The molecular weight excluding hydrogens is 236 g/mol. The highest BCUT2D eigenvalue weighted by Gasteiger charge is 2.17. The lowest BCUT2D eigenvalue weighted by Gasteiger charge is -2.24. The summed E-state index contributed by atoms with van der Waals surface area (Å²) in [7, 11) is 1.97. The Morgan fingerprint density at radius 2 is 2.05 bits per heavy atom. The molecule has 0 fully saturated rings. The maximum Gasteiger partial charge on any atom is 0.0741 e. The second-order valence-electron chi connectivity index (χ2n) is 4.83. The van der Waals surface area contributed by atoms with E-state index in [1.807, 2.05) is 27.0 Å². The molecule has 0 bridgehead atoms. The van der Waals surface area contributed by atoms with Crippen molar-refractivity contribution in [3.05, 3.63) is 41.6 Å². The molecule has 3 nitrogen and oxygen atoms in total. The van der Waals surface area contributed by atoms with E-state index in [1.54, 1.807) is 0 Å². The minimum absolute atomic E-state index is 0.144. The first-order valence-electron chi connectivity index (χ1n) is 6.82. The Morgan fingerprint density at radius 1 is 1.26 bits per heavy atom. The monoisotopic (exact) mass is 258 g/mol. The molecule has 0 spiro atoms. The Balaban J connectivity index is 2.35. The summed E-state index contributed by atoms with van der Waals surface area (Å²) in [5.41, 5.74) is 3.33. The summed E-state index contributed by atoms with van der Waals surface area (Å²) in [5.74, 6) is 0. The van der Waals surface area contributed by atoms with E-state index in [4.69, 9.17) is 4.74 Å². The number of nitrogens with zero attached hydrogens (tertiary/aromatic N) is 1. The van der Waals surface area contributed by atoms with Gasteiger partial charge in [-0.25, -0.2) is 0 Å². The van der Waals surface area contributed by atoms with E-state index in [-0.39, 0.29) is 12.1 Å². The molecule has 0 aliphatic heterocycles. The van der Waals surface area contributed by atoms with Gasteiger partial charge in [-0.2, -0.15) is 0 Å². The van der Waals surface area contributed by atoms with Gasteiger partial charge >= 0.3 is 0 Å². The number of rotatable bonds is 5. The second-order valence-corrected chi connectivity index (χ2v) is 4.83. The summed E-state index contributed by atoms with van der Waals surface area (Å²) in [6.07, 6.45) is 0.144. The van der Waals surface area contributed by atoms with Crippen molar-refractivity contribution in [3.8, 4) is 0 Å². The minimum atomic E-state index is 0.144. The summed E-state index contributed by atoms with van der Waals surface area (Å²) in [6, 6.07) is 10.8. The lowest BCUT2D eigenvalue weighted by atomic mass is 10.00. The zero-order valence-electron chi connectivity index (χ0n) is 12.1. The number of benzene rings is 1. The summed E-state index contributed by atoms with van der Waals surface area (Å²) >= 11 is 0. The first-order chi connectivity index (χ1) is 9.15. The molecular formula is C16H22N2O. The number of aromatic nitrogens is 1. The fraction of sp³-hybridized carbons (Fsp3) is 0.438. The van der Waals surface area contributed by atoms with Crippen LogP contribution in [0.25, 0.3) is 10.9 Å². The maximum atomic E-state index is 5.70. The predicted octanol–water partition coefficient (Wildman–Crippen LogP) is 3.23. The summed E-state index contributed by atoms with van der Waals surface area (Å²) < 4.78 is 5.70. The SMILES string of the molecule is CCOC(C)C(NC)c1ccc2nc(C)ccc2c1. The van der Waals surface area contributed by atoms with Crippen molar-refractivity contribution in [2.45, 2.75) is 32.9 Å². The predicted molar refractivity (Wildman–Crippen MR) is 79.4 cm³/mol. The topological polar surface area (TPSA) is 34.1 Å². The normalized spacial score (nSPS) is 14.5. The Hall–Kier alpha value is -1.45. The smallest absolute Gasteiger partial charge is 0.0741 e. The largest absolute Gasteiger partial charge is 0.377 e. The molecule has 3 heteroatoms. The third-order valence-corrected chi connectivity index (χ3v) is 3.42. The van der Waals surface area contributed by atoms with E-state index in [2.05, 4.69) is 41.5 Å². The van der Waals surface area contributed by atoms with E-state index in [0.717, 1.165) is 17.8 Å². The number of aryl methyl sites for hydroxylation is 1. The Kier molecular flexibility index (Phi) is 4.51. The summed E-state index contributed by atoms with van der Waals surface area (Å²) in [6.45, 7) is 6.87. The minimum Gasteiger partial charge on any atom is -0.377 e. The molecule has 2 rings (SSSR count). The molecule has 1 heterocycles. The number of nitrogens with one attached hydrogen (secondary N) is 1. The molecule has 102 valence electrons. The van der Waals surface area contributed by atoms with Crippen LogP contribution in [0.4, 0.5) is 0 Å². The third-order valence-electron chi connectivity index (χ3n) is 3.42. The molecule has 0 aliphatic rings. The van der Waals surface area contributed by atoms with Gasteiger partial charge in [0.15, 0.2) is 0 Å². The van der Waals surface area contributed by atoms with Crippen LogP contribution >= 0.6 is 0 Å². The van der Waals surface area contributed by atoms with Crippen molar-refractivity contribution in [2.75, 3.05) is 13.7 Å². The first kappa shape index (κ1) is 14.0. The van der Waals surface area contributed by atoms with Crippen LogP contribution in [0.2, 0.25) is 0 Å². The Labute approximate surface area is 115 Å². The van der Waals surface area contributed by atoms with Crippen molar-refractivity contribution in [3.63, 3.8) is 0 Å². The van der Waals surface area contributed by atoms with Crippen molar-refractivity contribution in [2.24, 2.45) is 0 Å². The van der Waals surface area contributed by atoms with E-state index in [9.17, 15) is 0 Å². The molecule has 0 saturated heterocycles. The molecule has 19 heavy (non-hydrogen) atoms. The van der Waals surface area contributed by atoms with Gasteiger partial charge in [-0.3, -0.25) is 4.98 Å². The quantitative estimate of drug-likeness (QED) is 0.894. The molecule has 0 aliphatic carbocycles. The summed E-state index contributed by atoms with van der Waals surface area (Å²) in [5, 5.41) is 4.51. The highest BCUT2D eigenvalue weighted by molar-refractivity contribution is 5.79. The second kappa shape index (κ2) is 6.13. The molecule has 0 amide bonds. The Morgan fingerprint density at radius 3 is 2.74 bits per heavy atom. The van der Waals surface area contributed by atoms with Gasteiger partial charge in [0.2, 0.25) is 0 Å². The standard InChI is InChI=1S/C16H22N2O/c1-5-19-12(3)16(17-4)14-8-9-15-13(10-14)7-6-11(2)18-15/h6-10,12,16-17H,5H2,1-4H3. The number of hydrogen-bond donors (Lipinski definition) is 1. The molecule has 2 unspecified atom stereocenters. The maximum absolute atomic E-state index is 5.70. The highest BCUT2D eigenvalue weighted by Crippen LogP contribution is 2.23. The van der Waals surface area contributed by atoms with Crippen molar-refractivity contribution in [1.82, 2.24) is 10.3 Å². The molecule has 0 radical (unpaired) electrons. The molecule has 2 aromatic rings. The van der Waals surface area contributed by atoms with Crippen LogP contribution in [0.1, 0.15) is 31.1 Å². The molecule has 1 aromatic carbocycles. The van der Waals surface area contributed by atoms with Gasteiger partial charge in [-0.1, -0.05) is 12.1 Å². The van der Waals surface area contributed by atoms with Crippen molar-refractivity contribution in [1.29, 1.82) is 0 Å². The van der Waals surface area contributed by atoms with Gasteiger partial charge in [0.05, 0.1) is 17.7 Å². The van der Waals surface area contributed by atoms with E-state index >= 15 is 0 Å². The third kappa shape index (κ3) is 3.11. The zero-order valence-corrected chi connectivity index (χ0v) is 12.1. The Bertz CT molecular complexity index is 553. The highest BCUT2D eigenvalue weighted by atomic mass is 16.5. The van der Waals surface area contributed by atoms with Gasteiger partial charge < -0.3 is 10.1 Å². The van der Waals surface area contributed by atoms with Crippen molar-refractivity contribution >= 4 is 10.9 Å². The van der Waals surface area contributed by atoms with Gasteiger partial charge in [0, 0.05) is 17.7 Å². The number of likely N-dealkylation sites (N-methyl/N-ethyl adjacent to an activating group) is 1. The van der Waals surface area contributed by atoms with Crippen LogP contribution < -0.4 is 5.32 Å². The van der Waals surface area contributed by atoms with Crippen LogP contribution in [0.5, 0.6) is 0 Å². The van der Waals surface area contributed by atoms with Crippen LogP contribution in [-0.4, -0.2) is 24.7 Å². The average Bonchev–Trinajstić information content (AvgIpc) is 2.40. The van der Waals surface area contributed by atoms with Crippen LogP contribution in [0.15, 0.2) is 30.3 Å². The van der Waals surface area contributed by atoms with Crippen LogP contribution in [0.3, 0.4) is 0 Å². The average molecular weight is 258 g/mol. The molecule has 0 saturated carbocycles. The summed E-state index contributed by atoms with van der Waals surface area (Å²) in [4.78, 5) is 4.53. The molecule has 1 aromatic heterocycles. The van der Waals surface area contributed by atoms with Crippen LogP contribution in [0, 0.1) is 6.92 Å². The van der Waals surface area contributed by atoms with E-state index in [0.29, 0.717) is 0 Å². The van der Waals surface area contributed by atoms with Crippen molar-refractivity contribution < 1.29 is 4.74 Å². The number of hydrogen-bond acceptors (Lipinski definition) is 3. The number of ether oxygens (including phenoxy) is 1. The molecule has 2 atom stereocenters. The lowest BCUT2D eigenvalue weighted by Crippen LogP contribution is -2.29. The van der Waals surface area contributed by atoms with E-state index in [1.165, 1.54) is 10.9 Å². The number of pyridine rings is 1. The van der Waals surface area contributed by atoms with Gasteiger partial charge in [-0.15, -0.1) is 0 Å². The lowest BCUT2D eigenvalue weighted by molar-refractivity contribution is 0.0493. The van der Waals surface area contributed by atoms with Gasteiger partial charge in [0.1, 0.15) is 0 Å². The first-order valence-corrected chi connectivity index (χ1v) is 6.82. The van der Waals surface area contributed by atoms with E-state index < -0.39 is 0 Å². The zero-order chi connectivity index (χ0) is 13.8. The van der Waals surface area contributed by atoms with Crippen LogP contribution in [-0.2, 0) is 4.74 Å².